The molecule has 2 N–H and O–H groups in total. The SMILES string of the molecule is c1ccc(CCNCCc2c[nH]c3cc(OCc4ccccc4)ccc23)cc1. The predicted molar refractivity (Wildman–Crippen MR) is 116 cm³/mol. The first-order chi connectivity index (χ1) is 13.9. The van der Waals surface area contributed by atoms with E-state index >= 15 is 0 Å². The third kappa shape index (κ3) is 4.81. The first-order valence-electron chi connectivity index (χ1n) is 9.90. The first kappa shape index (κ1) is 18.3. The monoisotopic (exact) mass is 370 g/mol. The Kier molecular flexibility index (Phi) is 6.05. The summed E-state index contributed by atoms with van der Waals surface area (Å²) in [6.45, 7) is 2.57. The van der Waals surface area contributed by atoms with E-state index in [4.69, 9.17) is 4.74 Å². The van der Waals surface area contributed by atoms with E-state index in [1.165, 1.54) is 22.1 Å². The first-order valence-corrected chi connectivity index (χ1v) is 9.90. The van der Waals surface area contributed by atoms with Gasteiger partial charge < -0.3 is 15.0 Å². The Morgan fingerprint density at radius 3 is 2.25 bits per heavy atom. The Labute approximate surface area is 166 Å². The molecule has 1 aromatic heterocycles. The number of fused-ring (bicyclic) bond motifs is 1. The van der Waals surface area contributed by atoms with E-state index in [9.17, 15) is 0 Å². The molecule has 28 heavy (non-hydrogen) atoms. The molecule has 4 rings (SSSR count). The van der Waals surface area contributed by atoms with Crippen molar-refractivity contribution in [3.63, 3.8) is 0 Å². The minimum absolute atomic E-state index is 0.589. The number of ether oxygens (including phenoxy) is 1. The van der Waals surface area contributed by atoms with E-state index in [0.29, 0.717) is 6.61 Å². The van der Waals surface area contributed by atoms with Crippen molar-refractivity contribution < 1.29 is 4.74 Å². The zero-order chi connectivity index (χ0) is 19.0. The number of benzene rings is 3. The second-order valence-corrected chi connectivity index (χ2v) is 7.03. The fraction of sp³-hybridized carbons (Fsp3) is 0.200. The van der Waals surface area contributed by atoms with Crippen LogP contribution in [0.25, 0.3) is 10.9 Å². The van der Waals surface area contributed by atoms with Crippen LogP contribution in [0, 0.1) is 0 Å². The van der Waals surface area contributed by atoms with Gasteiger partial charge in [0.05, 0.1) is 0 Å². The molecule has 0 saturated heterocycles. The topological polar surface area (TPSA) is 37.0 Å². The lowest BCUT2D eigenvalue weighted by Crippen LogP contribution is -2.20. The third-order valence-electron chi connectivity index (χ3n) is 4.99. The van der Waals surface area contributed by atoms with Crippen LogP contribution in [-0.2, 0) is 19.4 Å². The molecule has 1 heterocycles. The van der Waals surface area contributed by atoms with Gasteiger partial charge in [-0.05, 0) is 54.8 Å². The molecule has 3 aromatic carbocycles. The van der Waals surface area contributed by atoms with Crippen LogP contribution in [0.15, 0.2) is 85.1 Å². The van der Waals surface area contributed by atoms with E-state index in [-0.39, 0.29) is 0 Å². The van der Waals surface area contributed by atoms with Gasteiger partial charge in [0, 0.05) is 23.2 Å². The largest absolute Gasteiger partial charge is 0.489 e. The Morgan fingerprint density at radius 1 is 0.750 bits per heavy atom. The number of aromatic amines is 1. The molecular formula is C25H26N2O. The maximum Gasteiger partial charge on any atom is 0.121 e. The summed E-state index contributed by atoms with van der Waals surface area (Å²) in [4.78, 5) is 3.39. The highest BCUT2D eigenvalue weighted by Gasteiger charge is 2.05. The molecule has 0 bridgehead atoms. The smallest absolute Gasteiger partial charge is 0.121 e. The minimum Gasteiger partial charge on any atom is -0.489 e. The summed E-state index contributed by atoms with van der Waals surface area (Å²) in [5.41, 5.74) is 5.03. The lowest BCUT2D eigenvalue weighted by molar-refractivity contribution is 0.306. The number of hydrogen-bond acceptors (Lipinski definition) is 2. The molecule has 0 aliphatic carbocycles. The van der Waals surface area contributed by atoms with Gasteiger partial charge in [-0.1, -0.05) is 60.7 Å². The Balaban J connectivity index is 1.28. The second-order valence-electron chi connectivity index (χ2n) is 7.03. The number of nitrogens with one attached hydrogen (secondary N) is 2. The molecule has 0 amide bonds. The predicted octanol–water partition coefficient (Wildman–Crippen LogP) is 5.12. The average Bonchev–Trinajstić information content (AvgIpc) is 3.16. The highest BCUT2D eigenvalue weighted by atomic mass is 16.5. The van der Waals surface area contributed by atoms with E-state index in [0.717, 1.165) is 37.2 Å². The molecule has 0 atom stereocenters. The van der Waals surface area contributed by atoms with Crippen molar-refractivity contribution in [3.8, 4) is 5.75 Å². The zero-order valence-electron chi connectivity index (χ0n) is 16.0. The summed E-state index contributed by atoms with van der Waals surface area (Å²) in [7, 11) is 0. The maximum absolute atomic E-state index is 5.93. The Bertz CT molecular complexity index is 993. The zero-order valence-corrected chi connectivity index (χ0v) is 16.0. The molecule has 0 aliphatic rings. The van der Waals surface area contributed by atoms with Gasteiger partial charge in [-0.25, -0.2) is 0 Å². The van der Waals surface area contributed by atoms with Crippen LogP contribution in [0.1, 0.15) is 16.7 Å². The van der Waals surface area contributed by atoms with Gasteiger partial charge in [0.1, 0.15) is 12.4 Å². The average molecular weight is 370 g/mol. The summed E-state index contributed by atoms with van der Waals surface area (Å²) < 4.78 is 5.93. The van der Waals surface area contributed by atoms with Crippen molar-refractivity contribution in [2.75, 3.05) is 13.1 Å². The van der Waals surface area contributed by atoms with Crippen LogP contribution in [0.2, 0.25) is 0 Å². The summed E-state index contributed by atoms with van der Waals surface area (Å²) in [6, 6.07) is 27.2. The van der Waals surface area contributed by atoms with Crippen LogP contribution in [0.4, 0.5) is 0 Å². The molecule has 0 radical (unpaired) electrons. The lowest BCUT2D eigenvalue weighted by Gasteiger charge is -2.07. The normalized spacial score (nSPS) is 11.0. The van der Waals surface area contributed by atoms with E-state index in [1.807, 2.05) is 18.2 Å². The summed E-state index contributed by atoms with van der Waals surface area (Å²) in [5.74, 6) is 0.894. The summed E-state index contributed by atoms with van der Waals surface area (Å²) in [5, 5.41) is 4.82. The van der Waals surface area contributed by atoms with Gasteiger partial charge in [0.2, 0.25) is 0 Å². The molecule has 0 spiro atoms. The van der Waals surface area contributed by atoms with Gasteiger partial charge in [-0.2, -0.15) is 0 Å². The molecular weight excluding hydrogens is 344 g/mol. The quantitative estimate of drug-likeness (QED) is 0.401. The maximum atomic E-state index is 5.93. The van der Waals surface area contributed by atoms with Crippen LogP contribution in [-0.4, -0.2) is 18.1 Å². The highest BCUT2D eigenvalue weighted by Crippen LogP contribution is 2.24. The van der Waals surface area contributed by atoms with Gasteiger partial charge >= 0.3 is 0 Å². The van der Waals surface area contributed by atoms with E-state index in [1.54, 1.807) is 0 Å². The number of aromatic nitrogens is 1. The molecule has 4 aromatic rings. The fourth-order valence-electron chi connectivity index (χ4n) is 3.43. The molecule has 0 unspecified atom stereocenters. The standard InChI is InChI=1S/C25H26N2O/c1-3-7-20(8-4-1)13-15-26-16-14-22-18-27-25-17-23(11-12-24(22)25)28-19-21-9-5-2-6-10-21/h1-12,17-18,26-27H,13-16,19H2. The fourth-order valence-corrected chi connectivity index (χ4v) is 3.43. The van der Waals surface area contributed by atoms with Crippen LogP contribution in [0.5, 0.6) is 5.75 Å². The lowest BCUT2D eigenvalue weighted by atomic mass is 10.1. The molecule has 0 saturated carbocycles. The molecule has 0 aliphatic heterocycles. The van der Waals surface area contributed by atoms with Crippen molar-refractivity contribution in [2.45, 2.75) is 19.4 Å². The van der Waals surface area contributed by atoms with Gasteiger partial charge in [-0.3, -0.25) is 0 Å². The molecule has 3 nitrogen and oxygen atoms in total. The van der Waals surface area contributed by atoms with Crippen molar-refractivity contribution >= 4 is 10.9 Å². The minimum atomic E-state index is 0.589. The number of rotatable bonds is 9. The van der Waals surface area contributed by atoms with Crippen molar-refractivity contribution in [1.29, 1.82) is 0 Å². The van der Waals surface area contributed by atoms with Crippen LogP contribution in [0.3, 0.4) is 0 Å². The number of H-pyrrole nitrogens is 1. The van der Waals surface area contributed by atoms with E-state index < -0.39 is 0 Å². The molecule has 3 heteroatoms. The molecule has 0 fully saturated rings. The van der Waals surface area contributed by atoms with Gasteiger partial charge in [0.15, 0.2) is 0 Å². The summed E-state index contributed by atoms with van der Waals surface area (Å²) in [6.07, 6.45) is 4.19. The van der Waals surface area contributed by atoms with E-state index in [2.05, 4.69) is 77.2 Å². The van der Waals surface area contributed by atoms with Gasteiger partial charge in [-0.15, -0.1) is 0 Å². The second kappa shape index (κ2) is 9.25. The molecule has 142 valence electrons. The highest BCUT2D eigenvalue weighted by molar-refractivity contribution is 5.84. The number of hydrogen-bond donors (Lipinski definition) is 2. The van der Waals surface area contributed by atoms with Crippen molar-refractivity contribution in [2.24, 2.45) is 0 Å². The Hall–Kier alpha value is -3.04. The third-order valence-corrected chi connectivity index (χ3v) is 4.99. The Morgan fingerprint density at radius 2 is 1.46 bits per heavy atom. The van der Waals surface area contributed by atoms with Crippen molar-refractivity contribution in [1.82, 2.24) is 10.3 Å². The summed E-state index contributed by atoms with van der Waals surface area (Å²) >= 11 is 0. The van der Waals surface area contributed by atoms with Gasteiger partial charge in [0.25, 0.3) is 0 Å². The van der Waals surface area contributed by atoms with Crippen LogP contribution < -0.4 is 10.1 Å². The van der Waals surface area contributed by atoms with Crippen molar-refractivity contribution in [3.05, 3.63) is 102 Å². The van der Waals surface area contributed by atoms with Crippen LogP contribution >= 0.6 is 0 Å².